The largest absolute Gasteiger partial charge is 0.497 e. The van der Waals surface area contributed by atoms with E-state index in [9.17, 15) is 0 Å². The van der Waals surface area contributed by atoms with Crippen LogP contribution in [0.1, 0.15) is 11.4 Å². The van der Waals surface area contributed by atoms with Crippen LogP contribution in [0.4, 0.5) is 0 Å². The van der Waals surface area contributed by atoms with Crippen LogP contribution in [0.15, 0.2) is 42.5 Å². The average Bonchev–Trinajstić information content (AvgIpc) is 2.89. The van der Waals surface area contributed by atoms with Crippen LogP contribution < -0.4 is 9.47 Å². The number of benzene rings is 2. The first-order valence-electron chi connectivity index (χ1n) is 6.97. The predicted molar refractivity (Wildman–Crippen MR) is 83.0 cm³/mol. The van der Waals surface area contributed by atoms with Crippen LogP contribution in [0, 0.1) is 6.92 Å². The van der Waals surface area contributed by atoms with E-state index in [-0.39, 0.29) is 0 Å². The Labute approximate surface area is 123 Å². The number of nitrogens with one attached hydrogen (secondary N) is 1. The zero-order chi connectivity index (χ0) is 14.7. The lowest BCUT2D eigenvalue weighted by atomic mass is 10.2. The highest BCUT2D eigenvalue weighted by molar-refractivity contribution is 5.76. The summed E-state index contributed by atoms with van der Waals surface area (Å²) >= 11 is 0. The topological polar surface area (TPSA) is 47.1 Å². The fourth-order valence-corrected chi connectivity index (χ4v) is 2.26. The summed E-state index contributed by atoms with van der Waals surface area (Å²) in [5, 5.41) is 0. The lowest BCUT2D eigenvalue weighted by Gasteiger charge is -2.05. The second-order valence-electron chi connectivity index (χ2n) is 4.98. The van der Waals surface area contributed by atoms with Gasteiger partial charge in [-0.2, -0.15) is 0 Å². The van der Waals surface area contributed by atoms with Crippen molar-refractivity contribution in [2.24, 2.45) is 0 Å². The number of hydrogen-bond acceptors (Lipinski definition) is 3. The van der Waals surface area contributed by atoms with Crippen molar-refractivity contribution in [3.63, 3.8) is 0 Å². The number of hydrogen-bond donors (Lipinski definition) is 1. The number of nitrogens with zero attached hydrogens (tertiary/aromatic N) is 1. The Morgan fingerprint density at radius 1 is 1.10 bits per heavy atom. The highest BCUT2D eigenvalue weighted by Gasteiger charge is 2.04. The number of rotatable bonds is 5. The Bertz CT molecular complexity index is 749. The van der Waals surface area contributed by atoms with Gasteiger partial charge in [-0.25, -0.2) is 4.98 Å². The van der Waals surface area contributed by atoms with Gasteiger partial charge >= 0.3 is 0 Å². The van der Waals surface area contributed by atoms with Gasteiger partial charge in [0.15, 0.2) is 0 Å². The van der Waals surface area contributed by atoms with Crippen LogP contribution in [0.2, 0.25) is 0 Å². The van der Waals surface area contributed by atoms with E-state index < -0.39 is 0 Å². The van der Waals surface area contributed by atoms with Crippen LogP contribution in [0.5, 0.6) is 11.5 Å². The van der Waals surface area contributed by atoms with Crippen molar-refractivity contribution in [1.82, 2.24) is 9.97 Å². The summed E-state index contributed by atoms with van der Waals surface area (Å²) in [7, 11) is 1.66. The van der Waals surface area contributed by atoms with E-state index in [0.717, 1.165) is 34.8 Å². The maximum Gasteiger partial charge on any atom is 0.121 e. The molecule has 0 aliphatic carbocycles. The summed E-state index contributed by atoms with van der Waals surface area (Å²) in [6.45, 7) is 2.65. The highest BCUT2D eigenvalue weighted by Crippen LogP contribution is 2.19. The van der Waals surface area contributed by atoms with Crippen LogP contribution in [-0.2, 0) is 6.42 Å². The van der Waals surface area contributed by atoms with Crippen LogP contribution >= 0.6 is 0 Å². The van der Waals surface area contributed by atoms with Gasteiger partial charge in [-0.15, -0.1) is 0 Å². The third-order valence-corrected chi connectivity index (χ3v) is 3.34. The van der Waals surface area contributed by atoms with Gasteiger partial charge in [0.1, 0.15) is 17.3 Å². The maximum atomic E-state index is 5.75. The van der Waals surface area contributed by atoms with Gasteiger partial charge in [0.05, 0.1) is 24.8 Å². The molecule has 0 atom stereocenters. The van der Waals surface area contributed by atoms with Crippen molar-refractivity contribution in [3.05, 3.63) is 53.9 Å². The highest BCUT2D eigenvalue weighted by atomic mass is 16.5. The molecule has 1 aromatic heterocycles. The summed E-state index contributed by atoms with van der Waals surface area (Å²) in [6.07, 6.45) is 0.741. The Hall–Kier alpha value is -2.49. The number of aromatic amines is 1. The number of aryl methyl sites for hydroxylation is 1. The summed E-state index contributed by atoms with van der Waals surface area (Å²) in [5.74, 6) is 2.65. The number of ether oxygens (including phenoxy) is 2. The fourth-order valence-electron chi connectivity index (χ4n) is 2.26. The van der Waals surface area contributed by atoms with Gasteiger partial charge < -0.3 is 14.5 Å². The zero-order valence-electron chi connectivity index (χ0n) is 12.2. The van der Waals surface area contributed by atoms with Crippen molar-refractivity contribution in [2.75, 3.05) is 13.7 Å². The third-order valence-electron chi connectivity index (χ3n) is 3.34. The Kier molecular flexibility index (Phi) is 3.77. The van der Waals surface area contributed by atoms with Gasteiger partial charge in [-0.05, 0) is 36.8 Å². The molecule has 0 bridgehead atoms. The molecule has 0 saturated heterocycles. The van der Waals surface area contributed by atoms with Crippen molar-refractivity contribution >= 4 is 11.0 Å². The van der Waals surface area contributed by atoms with Gasteiger partial charge in [0, 0.05) is 12.5 Å². The first-order chi connectivity index (χ1) is 10.2. The van der Waals surface area contributed by atoms with E-state index >= 15 is 0 Å². The molecule has 0 radical (unpaired) electrons. The second kappa shape index (κ2) is 5.87. The molecule has 4 heteroatoms. The first kappa shape index (κ1) is 13.5. The van der Waals surface area contributed by atoms with E-state index in [4.69, 9.17) is 9.47 Å². The van der Waals surface area contributed by atoms with Gasteiger partial charge in [-0.3, -0.25) is 0 Å². The van der Waals surface area contributed by atoms with Crippen molar-refractivity contribution in [2.45, 2.75) is 13.3 Å². The van der Waals surface area contributed by atoms with Gasteiger partial charge in [-0.1, -0.05) is 12.1 Å². The first-order valence-corrected chi connectivity index (χ1v) is 6.97. The minimum atomic E-state index is 0.598. The summed E-state index contributed by atoms with van der Waals surface area (Å²) in [4.78, 5) is 7.84. The normalized spacial score (nSPS) is 10.8. The molecule has 0 saturated carbocycles. The number of aromatic nitrogens is 2. The van der Waals surface area contributed by atoms with E-state index in [2.05, 4.69) is 23.0 Å². The third kappa shape index (κ3) is 3.16. The second-order valence-corrected chi connectivity index (χ2v) is 4.98. The van der Waals surface area contributed by atoms with E-state index in [1.807, 2.05) is 36.4 Å². The molecular formula is C17H18N2O2. The predicted octanol–water partition coefficient (Wildman–Crippen LogP) is 3.50. The molecule has 0 fully saturated rings. The number of fused-ring (bicyclic) bond motifs is 1. The molecule has 0 spiro atoms. The monoisotopic (exact) mass is 282 g/mol. The molecule has 0 unspecified atom stereocenters. The van der Waals surface area contributed by atoms with E-state index in [1.165, 1.54) is 5.56 Å². The molecule has 0 amide bonds. The molecule has 3 rings (SSSR count). The lowest BCUT2D eigenvalue weighted by molar-refractivity contribution is 0.319. The van der Waals surface area contributed by atoms with E-state index in [0.29, 0.717) is 6.61 Å². The smallest absolute Gasteiger partial charge is 0.121 e. The Morgan fingerprint density at radius 2 is 2.00 bits per heavy atom. The van der Waals surface area contributed by atoms with Gasteiger partial charge in [0.2, 0.25) is 0 Å². The summed E-state index contributed by atoms with van der Waals surface area (Å²) in [6, 6.07) is 13.9. The van der Waals surface area contributed by atoms with Crippen molar-refractivity contribution in [3.8, 4) is 11.5 Å². The van der Waals surface area contributed by atoms with Crippen LogP contribution in [0.3, 0.4) is 0 Å². The molecule has 4 nitrogen and oxygen atoms in total. The SMILES string of the molecule is COc1ccc2nc(CCOc3cccc(C)c3)[nH]c2c1. The quantitative estimate of drug-likeness (QED) is 0.779. The maximum absolute atomic E-state index is 5.75. The van der Waals surface area contributed by atoms with Crippen LogP contribution in [0.25, 0.3) is 11.0 Å². The summed E-state index contributed by atoms with van der Waals surface area (Å²) in [5.41, 5.74) is 3.13. The number of H-pyrrole nitrogens is 1. The number of methoxy groups -OCH3 is 1. The average molecular weight is 282 g/mol. The fraction of sp³-hybridized carbons (Fsp3) is 0.235. The lowest BCUT2D eigenvalue weighted by Crippen LogP contribution is -2.02. The number of imidazole rings is 1. The zero-order valence-corrected chi connectivity index (χ0v) is 12.2. The molecule has 108 valence electrons. The minimum Gasteiger partial charge on any atom is -0.497 e. The molecule has 2 aromatic carbocycles. The molecule has 1 heterocycles. The molecule has 21 heavy (non-hydrogen) atoms. The Balaban J connectivity index is 1.65. The molecule has 0 aliphatic rings. The molecule has 1 N–H and O–H groups in total. The molecule has 3 aromatic rings. The van der Waals surface area contributed by atoms with E-state index in [1.54, 1.807) is 7.11 Å². The van der Waals surface area contributed by atoms with Crippen LogP contribution in [-0.4, -0.2) is 23.7 Å². The molecular weight excluding hydrogens is 264 g/mol. The molecule has 0 aliphatic heterocycles. The van der Waals surface area contributed by atoms with Crippen molar-refractivity contribution < 1.29 is 9.47 Å². The minimum absolute atomic E-state index is 0.598. The van der Waals surface area contributed by atoms with Gasteiger partial charge in [0.25, 0.3) is 0 Å². The Morgan fingerprint density at radius 3 is 2.81 bits per heavy atom. The van der Waals surface area contributed by atoms with Crippen molar-refractivity contribution in [1.29, 1.82) is 0 Å². The standard InChI is InChI=1S/C17H18N2O2/c1-12-4-3-5-14(10-12)21-9-8-17-18-15-7-6-13(20-2)11-16(15)19-17/h3-7,10-11H,8-9H2,1-2H3,(H,18,19). The summed E-state index contributed by atoms with van der Waals surface area (Å²) < 4.78 is 11.0.